The molecule has 0 saturated carbocycles. The molecule has 1 fully saturated rings. The Balaban J connectivity index is 1.81. The van der Waals surface area contributed by atoms with Gasteiger partial charge in [0.05, 0.1) is 9.79 Å². The van der Waals surface area contributed by atoms with Crippen molar-refractivity contribution >= 4 is 31.2 Å². The van der Waals surface area contributed by atoms with Gasteiger partial charge in [-0.2, -0.15) is 0 Å². The first-order chi connectivity index (χ1) is 14.4. The highest BCUT2D eigenvalue weighted by Crippen LogP contribution is 2.30. The van der Waals surface area contributed by atoms with E-state index >= 15 is 0 Å². The van der Waals surface area contributed by atoms with Crippen molar-refractivity contribution in [1.29, 1.82) is 0 Å². The quantitative estimate of drug-likeness (QED) is 0.575. The lowest BCUT2D eigenvalue weighted by molar-refractivity contribution is -0.157. The van der Waals surface area contributed by atoms with E-state index in [1.165, 1.54) is 62.4 Å². The number of ether oxygens (including phenoxy) is 2. The minimum absolute atomic E-state index is 0.0453. The summed E-state index contributed by atoms with van der Waals surface area (Å²) in [7, 11) is -7.95. The summed E-state index contributed by atoms with van der Waals surface area (Å²) in [5.74, 6) is -4.95. The molecule has 2 aromatic carbocycles. The summed E-state index contributed by atoms with van der Waals surface area (Å²) in [6.07, 6.45) is -3.07. The zero-order valence-corrected chi connectivity index (χ0v) is 18.6. The van der Waals surface area contributed by atoms with Gasteiger partial charge in [-0.3, -0.25) is 9.59 Å². The van der Waals surface area contributed by atoms with E-state index in [0.717, 1.165) is 0 Å². The molecule has 0 N–H and O–H groups in total. The molecular weight excluding hydrogens is 444 g/mol. The third kappa shape index (κ3) is 5.45. The summed E-state index contributed by atoms with van der Waals surface area (Å²) < 4.78 is 61.2. The van der Waals surface area contributed by atoms with Crippen LogP contribution in [0, 0.1) is 0 Å². The predicted octanol–water partition coefficient (Wildman–Crippen LogP) is 1.59. The first-order valence-corrected chi connectivity index (χ1v) is 12.7. The maximum atomic E-state index is 12.8. The molecule has 10 heteroatoms. The molecule has 0 unspecified atom stereocenters. The maximum Gasteiger partial charge on any atom is 0.185 e. The SMILES string of the molecule is CC1(C)O[C@H](C(=O)CS(=O)(=O)c2ccccc2)[C@@H](C(=O)CS(=O)(=O)c2ccccc2)O1. The van der Waals surface area contributed by atoms with E-state index in [1.54, 1.807) is 12.1 Å². The van der Waals surface area contributed by atoms with Crippen molar-refractivity contribution in [3.05, 3.63) is 60.7 Å². The van der Waals surface area contributed by atoms with Crippen molar-refractivity contribution in [2.75, 3.05) is 11.5 Å². The topological polar surface area (TPSA) is 121 Å². The largest absolute Gasteiger partial charge is 0.336 e. The molecule has 2 atom stereocenters. The van der Waals surface area contributed by atoms with Crippen molar-refractivity contribution in [1.82, 2.24) is 0 Å². The Morgan fingerprint density at radius 2 is 1.03 bits per heavy atom. The maximum absolute atomic E-state index is 12.8. The summed E-state index contributed by atoms with van der Waals surface area (Å²) in [5.41, 5.74) is 0. The van der Waals surface area contributed by atoms with Crippen LogP contribution in [0.4, 0.5) is 0 Å². The molecule has 166 valence electrons. The van der Waals surface area contributed by atoms with Crippen LogP contribution in [0.2, 0.25) is 0 Å². The van der Waals surface area contributed by atoms with E-state index < -0.39 is 60.7 Å². The molecule has 1 heterocycles. The normalized spacial score (nSPS) is 21.0. The van der Waals surface area contributed by atoms with Crippen LogP contribution in [0.5, 0.6) is 0 Å². The van der Waals surface area contributed by atoms with E-state index in [9.17, 15) is 26.4 Å². The van der Waals surface area contributed by atoms with E-state index in [4.69, 9.17) is 9.47 Å². The zero-order valence-electron chi connectivity index (χ0n) is 16.9. The van der Waals surface area contributed by atoms with Crippen molar-refractivity contribution in [3.8, 4) is 0 Å². The number of benzene rings is 2. The van der Waals surface area contributed by atoms with Gasteiger partial charge in [-0.15, -0.1) is 0 Å². The Morgan fingerprint density at radius 1 is 0.710 bits per heavy atom. The number of ketones is 2. The second kappa shape index (κ2) is 8.62. The van der Waals surface area contributed by atoms with Gasteiger partial charge in [0, 0.05) is 0 Å². The summed E-state index contributed by atoms with van der Waals surface area (Å²) in [6, 6.07) is 14.8. The summed E-state index contributed by atoms with van der Waals surface area (Å²) in [4.78, 5) is 25.5. The van der Waals surface area contributed by atoms with Crippen LogP contribution in [0.15, 0.2) is 70.5 Å². The molecule has 0 aliphatic carbocycles. The number of rotatable bonds is 8. The van der Waals surface area contributed by atoms with E-state index in [0.29, 0.717) is 0 Å². The van der Waals surface area contributed by atoms with Gasteiger partial charge in [-0.05, 0) is 38.1 Å². The molecule has 0 aromatic heterocycles. The van der Waals surface area contributed by atoms with Crippen LogP contribution < -0.4 is 0 Å². The van der Waals surface area contributed by atoms with Gasteiger partial charge in [0.1, 0.15) is 11.5 Å². The van der Waals surface area contributed by atoms with Crippen LogP contribution in [-0.2, 0) is 38.7 Å². The molecule has 0 bridgehead atoms. The van der Waals surface area contributed by atoms with E-state index in [1.807, 2.05) is 0 Å². The summed E-state index contributed by atoms with van der Waals surface area (Å²) >= 11 is 0. The van der Waals surface area contributed by atoms with E-state index in [2.05, 4.69) is 0 Å². The zero-order chi connectivity index (χ0) is 22.9. The molecule has 1 saturated heterocycles. The fraction of sp³-hybridized carbons (Fsp3) is 0.333. The van der Waals surface area contributed by atoms with Crippen LogP contribution in [0.3, 0.4) is 0 Å². The van der Waals surface area contributed by atoms with Gasteiger partial charge in [0.2, 0.25) is 0 Å². The van der Waals surface area contributed by atoms with Crippen molar-refractivity contribution in [3.63, 3.8) is 0 Å². The first-order valence-electron chi connectivity index (χ1n) is 9.38. The Bertz CT molecular complexity index is 1080. The van der Waals surface area contributed by atoms with Crippen molar-refractivity contribution in [2.24, 2.45) is 0 Å². The minimum atomic E-state index is -3.98. The Morgan fingerprint density at radius 3 is 1.35 bits per heavy atom. The van der Waals surface area contributed by atoms with Crippen LogP contribution >= 0.6 is 0 Å². The standard InChI is InChI=1S/C21H22O8S2/c1-21(2)28-19(17(22)13-30(24,25)15-9-5-3-6-10-15)20(29-21)18(23)14-31(26,27)16-11-7-4-8-12-16/h3-12,19-20H,13-14H2,1-2H3/t19-,20-/m1/s1. The van der Waals surface area contributed by atoms with Gasteiger partial charge in [0.15, 0.2) is 49.2 Å². The lowest BCUT2D eigenvalue weighted by Gasteiger charge is -2.16. The molecule has 1 aliphatic rings. The minimum Gasteiger partial charge on any atom is -0.336 e. The fourth-order valence-electron chi connectivity index (χ4n) is 3.19. The smallest absolute Gasteiger partial charge is 0.185 e. The molecule has 0 radical (unpaired) electrons. The van der Waals surface area contributed by atoms with Crippen molar-refractivity contribution < 1.29 is 35.9 Å². The molecule has 0 amide bonds. The second-order valence-electron chi connectivity index (χ2n) is 7.55. The Labute approximate surface area is 181 Å². The van der Waals surface area contributed by atoms with Gasteiger partial charge in [0.25, 0.3) is 0 Å². The lowest BCUT2D eigenvalue weighted by atomic mass is 10.1. The molecule has 8 nitrogen and oxygen atoms in total. The average molecular weight is 467 g/mol. The molecule has 0 spiro atoms. The van der Waals surface area contributed by atoms with Gasteiger partial charge in [-0.1, -0.05) is 36.4 Å². The monoisotopic (exact) mass is 466 g/mol. The fourth-order valence-corrected chi connectivity index (χ4v) is 5.75. The summed E-state index contributed by atoms with van der Waals surface area (Å²) in [5, 5.41) is 0. The highest BCUT2D eigenvalue weighted by atomic mass is 32.2. The van der Waals surface area contributed by atoms with Crippen LogP contribution in [-0.4, -0.2) is 57.9 Å². The third-order valence-electron chi connectivity index (χ3n) is 4.60. The predicted molar refractivity (Wildman–Crippen MR) is 111 cm³/mol. The highest BCUT2D eigenvalue weighted by molar-refractivity contribution is 7.92. The number of Topliss-reactive ketones (excluding diaryl/α,β-unsaturated/α-hetero) is 2. The van der Waals surface area contributed by atoms with Gasteiger partial charge < -0.3 is 9.47 Å². The molecule has 31 heavy (non-hydrogen) atoms. The van der Waals surface area contributed by atoms with Crippen LogP contribution in [0.25, 0.3) is 0 Å². The Hall–Kier alpha value is -2.40. The van der Waals surface area contributed by atoms with Gasteiger partial charge >= 0.3 is 0 Å². The lowest BCUT2D eigenvalue weighted by Crippen LogP contribution is -2.42. The number of hydrogen-bond acceptors (Lipinski definition) is 8. The first kappa shape index (κ1) is 23.3. The molecular formula is C21H22O8S2. The number of sulfone groups is 2. The average Bonchev–Trinajstić information content (AvgIpc) is 3.05. The van der Waals surface area contributed by atoms with E-state index in [-0.39, 0.29) is 9.79 Å². The summed E-state index contributed by atoms with van der Waals surface area (Å²) in [6.45, 7) is 2.91. The highest BCUT2D eigenvalue weighted by Gasteiger charge is 2.49. The molecule has 2 aromatic rings. The van der Waals surface area contributed by atoms with Gasteiger partial charge in [-0.25, -0.2) is 16.8 Å². The molecule has 3 rings (SSSR count). The number of carbonyl (C=O) groups is 2. The second-order valence-corrected chi connectivity index (χ2v) is 11.5. The molecule has 1 aliphatic heterocycles. The van der Waals surface area contributed by atoms with Crippen LogP contribution in [0.1, 0.15) is 13.8 Å². The van der Waals surface area contributed by atoms with Crippen molar-refractivity contribution in [2.45, 2.75) is 41.6 Å². The Kier molecular flexibility index (Phi) is 6.47. The third-order valence-corrected chi connectivity index (χ3v) is 7.91. The number of hydrogen-bond donors (Lipinski definition) is 0. The number of carbonyl (C=O) groups excluding carboxylic acids is 2.